The van der Waals surface area contributed by atoms with Gasteiger partial charge in [-0.1, -0.05) is 5.16 Å². The summed E-state index contributed by atoms with van der Waals surface area (Å²) in [5, 5.41) is 22.2. The Bertz CT molecular complexity index is 467. The van der Waals surface area contributed by atoms with Gasteiger partial charge in [0.05, 0.1) is 6.54 Å². The molecule has 16 heavy (non-hydrogen) atoms. The van der Waals surface area contributed by atoms with Crippen LogP contribution in [-0.4, -0.2) is 31.4 Å². The normalized spacial score (nSPS) is 10.0. The van der Waals surface area contributed by atoms with Gasteiger partial charge >= 0.3 is 5.97 Å². The van der Waals surface area contributed by atoms with Gasteiger partial charge in [0.1, 0.15) is 5.82 Å². The van der Waals surface area contributed by atoms with Crippen LogP contribution in [0.15, 0.2) is 23.0 Å². The average Bonchev–Trinajstić information content (AvgIpc) is 2.80. The number of nitrogens with one attached hydrogen (secondary N) is 1. The summed E-state index contributed by atoms with van der Waals surface area (Å²) in [6, 6.07) is 2.87. The first kappa shape index (κ1) is 10.0. The monoisotopic (exact) mass is 221 g/mol. The predicted octanol–water partition coefficient (Wildman–Crippen LogP) is 0.170. The third kappa shape index (κ3) is 2.29. The fourth-order valence-electron chi connectivity index (χ4n) is 0.981. The smallest absolute Gasteiger partial charge is 0.356 e. The molecule has 0 saturated carbocycles. The van der Waals surface area contributed by atoms with Crippen molar-refractivity contribution in [1.82, 2.24) is 20.3 Å². The molecule has 2 aromatic rings. The van der Waals surface area contributed by atoms with Crippen LogP contribution in [0.2, 0.25) is 0 Å². The highest BCUT2D eigenvalue weighted by molar-refractivity contribution is 5.85. The SMILES string of the molecule is O=C(O)c1ccc(NCc2ncon2)nn1. The molecule has 0 atom stereocenters. The van der Waals surface area contributed by atoms with Gasteiger partial charge in [0.25, 0.3) is 0 Å². The lowest BCUT2D eigenvalue weighted by Gasteiger charge is -2.00. The molecule has 0 radical (unpaired) electrons. The third-order valence-electron chi connectivity index (χ3n) is 1.72. The van der Waals surface area contributed by atoms with E-state index in [2.05, 4.69) is 30.2 Å². The topological polar surface area (TPSA) is 114 Å². The Morgan fingerprint density at radius 3 is 2.88 bits per heavy atom. The van der Waals surface area contributed by atoms with Crippen molar-refractivity contribution in [1.29, 1.82) is 0 Å². The Kier molecular flexibility index (Phi) is 2.72. The second kappa shape index (κ2) is 4.34. The van der Waals surface area contributed by atoms with E-state index in [0.29, 0.717) is 18.2 Å². The summed E-state index contributed by atoms with van der Waals surface area (Å²) in [5.74, 6) is -0.198. The van der Waals surface area contributed by atoms with Crippen molar-refractivity contribution >= 4 is 11.8 Å². The van der Waals surface area contributed by atoms with E-state index in [1.165, 1.54) is 18.5 Å². The zero-order valence-electron chi connectivity index (χ0n) is 7.99. The van der Waals surface area contributed by atoms with Crippen LogP contribution in [0.3, 0.4) is 0 Å². The summed E-state index contributed by atoms with van der Waals surface area (Å²) >= 11 is 0. The molecule has 0 bridgehead atoms. The first-order chi connectivity index (χ1) is 7.75. The molecule has 0 spiro atoms. The van der Waals surface area contributed by atoms with Crippen LogP contribution < -0.4 is 5.32 Å². The fraction of sp³-hybridized carbons (Fsp3) is 0.125. The number of carboxylic acids is 1. The maximum absolute atomic E-state index is 10.5. The first-order valence-corrected chi connectivity index (χ1v) is 4.32. The Balaban J connectivity index is 1.98. The maximum Gasteiger partial charge on any atom is 0.356 e. The lowest BCUT2D eigenvalue weighted by Crippen LogP contribution is -2.06. The van der Waals surface area contributed by atoms with Gasteiger partial charge in [-0.2, -0.15) is 4.98 Å². The molecular weight excluding hydrogens is 214 g/mol. The third-order valence-corrected chi connectivity index (χ3v) is 1.72. The Hall–Kier alpha value is -2.51. The quantitative estimate of drug-likeness (QED) is 0.750. The minimum atomic E-state index is -1.11. The highest BCUT2D eigenvalue weighted by Crippen LogP contribution is 2.03. The van der Waals surface area contributed by atoms with Crippen LogP contribution in [0, 0.1) is 0 Å². The maximum atomic E-state index is 10.5. The van der Waals surface area contributed by atoms with Crippen molar-refractivity contribution in [3.8, 4) is 0 Å². The first-order valence-electron chi connectivity index (χ1n) is 4.32. The van der Waals surface area contributed by atoms with E-state index in [-0.39, 0.29) is 5.69 Å². The van der Waals surface area contributed by atoms with Crippen molar-refractivity contribution in [2.45, 2.75) is 6.54 Å². The standard InChI is InChI=1S/C8H7N5O3/c14-8(15)5-1-2-6(12-11-5)9-3-7-10-4-16-13-7/h1-2,4H,3H2,(H,9,12)(H,14,15). The van der Waals surface area contributed by atoms with Crippen LogP contribution in [0.1, 0.15) is 16.3 Å². The molecule has 0 aliphatic heterocycles. The Morgan fingerprint density at radius 1 is 1.44 bits per heavy atom. The molecule has 0 aromatic carbocycles. The van der Waals surface area contributed by atoms with Gasteiger partial charge in [-0.15, -0.1) is 10.2 Å². The van der Waals surface area contributed by atoms with Crippen molar-refractivity contribution < 1.29 is 14.4 Å². The lowest BCUT2D eigenvalue weighted by atomic mass is 10.4. The van der Waals surface area contributed by atoms with Gasteiger partial charge in [0.15, 0.2) is 11.5 Å². The predicted molar refractivity (Wildman–Crippen MR) is 50.6 cm³/mol. The van der Waals surface area contributed by atoms with Crippen LogP contribution in [0.4, 0.5) is 5.82 Å². The van der Waals surface area contributed by atoms with Crippen LogP contribution in [-0.2, 0) is 6.54 Å². The van der Waals surface area contributed by atoms with Crippen molar-refractivity contribution in [3.63, 3.8) is 0 Å². The summed E-state index contributed by atoms with van der Waals surface area (Å²) in [6.07, 6.45) is 1.22. The summed E-state index contributed by atoms with van der Waals surface area (Å²) in [7, 11) is 0. The second-order valence-corrected chi connectivity index (χ2v) is 2.81. The average molecular weight is 221 g/mol. The number of carbonyl (C=O) groups is 1. The molecule has 2 N–H and O–H groups in total. The van der Waals surface area contributed by atoms with Gasteiger partial charge in [-0.25, -0.2) is 4.79 Å². The van der Waals surface area contributed by atoms with Crippen molar-refractivity contribution in [2.75, 3.05) is 5.32 Å². The fourth-order valence-corrected chi connectivity index (χ4v) is 0.981. The molecule has 8 heteroatoms. The van der Waals surface area contributed by atoms with Gasteiger partial charge < -0.3 is 14.9 Å². The number of hydrogen-bond donors (Lipinski definition) is 2. The number of aromatic nitrogens is 4. The molecule has 8 nitrogen and oxygen atoms in total. The van der Waals surface area contributed by atoms with Crippen LogP contribution in [0.5, 0.6) is 0 Å². The molecule has 0 fully saturated rings. The van der Waals surface area contributed by atoms with Crippen molar-refractivity contribution in [3.05, 3.63) is 30.0 Å². The molecule has 0 unspecified atom stereocenters. The van der Waals surface area contributed by atoms with Gasteiger partial charge in [-0.3, -0.25) is 0 Å². The minimum Gasteiger partial charge on any atom is -0.476 e. The van der Waals surface area contributed by atoms with Crippen LogP contribution in [0.25, 0.3) is 0 Å². The Labute approximate surface area is 89.3 Å². The molecule has 2 heterocycles. The van der Waals surface area contributed by atoms with E-state index in [1.807, 2.05) is 0 Å². The summed E-state index contributed by atoms with van der Waals surface area (Å²) in [5.41, 5.74) is -0.106. The van der Waals surface area contributed by atoms with E-state index >= 15 is 0 Å². The summed E-state index contributed by atoms with van der Waals surface area (Å²) < 4.78 is 4.54. The molecule has 0 amide bonds. The molecule has 2 aromatic heterocycles. The van der Waals surface area contributed by atoms with E-state index in [4.69, 9.17) is 5.11 Å². The van der Waals surface area contributed by atoms with Gasteiger partial charge in [0, 0.05) is 0 Å². The van der Waals surface area contributed by atoms with Gasteiger partial charge in [-0.05, 0) is 12.1 Å². The summed E-state index contributed by atoms with van der Waals surface area (Å²) in [6.45, 7) is 0.331. The highest BCUT2D eigenvalue weighted by Gasteiger charge is 2.05. The van der Waals surface area contributed by atoms with E-state index in [9.17, 15) is 4.79 Å². The second-order valence-electron chi connectivity index (χ2n) is 2.81. The number of aromatic carboxylic acids is 1. The van der Waals surface area contributed by atoms with Crippen LogP contribution >= 0.6 is 0 Å². The minimum absolute atomic E-state index is 0.106. The highest BCUT2D eigenvalue weighted by atomic mass is 16.5. The largest absolute Gasteiger partial charge is 0.476 e. The summed E-state index contributed by atoms with van der Waals surface area (Å²) in [4.78, 5) is 14.3. The number of hydrogen-bond acceptors (Lipinski definition) is 7. The van der Waals surface area contributed by atoms with E-state index in [0.717, 1.165) is 0 Å². The van der Waals surface area contributed by atoms with E-state index < -0.39 is 5.97 Å². The molecule has 2 rings (SSSR count). The number of nitrogens with zero attached hydrogens (tertiary/aromatic N) is 4. The zero-order valence-corrected chi connectivity index (χ0v) is 7.99. The Morgan fingerprint density at radius 2 is 2.31 bits per heavy atom. The number of anilines is 1. The molecular formula is C8H7N5O3. The molecule has 0 saturated heterocycles. The molecule has 0 aliphatic carbocycles. The van der Waals surface area contributed by atoms with Crippen molar-refractivity contribution in [2.24, 2.45) is 0 Å². The zero-order chi connectivity index (χ0) is 11.4. The molecule has 82 valence electrons. The number of carboxylic acid groups (broad SMARTS) is 1. The molecule has 0 aliphatic rings. The number of rotatable bonds is 4. The van der Waals surface area contributed by atoms with Gasteiger partial charge in [0.2, 0.25) is 6.39 Å². The van der Waals surface area contributed by atoms with E-state index in [1.54, 1.807) is 0 Å². The lowest BCUT2D eigenvalue weighted by molar-refractivity contribution is 0.0689.